The van der Waals surface area contributed by atoms with Crippen molar-refractivity contribution in [3.8, 4) is 0 Å². The quantitative estimate of drug-likeness (QED) is 0.794. The molecule has 3 rings (SSSR count). The Morgan fingerprint density at radius 1 is 1.00 bits per heavy atom. The average Bonchev–Trinajstić information content (AvgIpc) is 2.52. The fraction of sp³-hybridized carbons (Fsp3) is 0.176. The van der Waals surface area contributed by atoms with Crippen molar-refractivity contribution in [2.45, 2.75) is 13.0 Å². The monoisotopic (exact) mass is 279 g/mol. The van der Waals surface area contributed by atoms with E-state index >= 15 is 0 Å². The first-order valence-corrected chi connectivity index (χ1v) is 7.02. The van der Waals surface area contributed by atoms with Gasteiger partial charge in [0.2, 0.25) is 0 Å². The highest BCUT2D eigenvalue weighted by atomic mass is 16.1. The number of rotatable bonds is 4. The summed E-state index contributed by atoms with van der Waals surface area (Å²) in [6.07, 6.45) is 0.590. The molecule has 0 aliphatic carbocycles. The van der Waals surface area contributed by atoms with Gasteiger partial charge < -0.3 is 5.73 Å². The molecule has 4 nitrogen and oxygen atoms in total. The molecule has 3 aromatic rings. The number of benzene rings is 2. The van der Waals surface area contributed by atoms with Crippen LogP contribution >= 0.6 is 0 Å². The fourth-order valence-corrected chi connectivity index (χ4v) is 2.46. The largest absolute Gasteiger partial charge is 0.330 e. The highest BCUT2D eigenvalue weighted by molar-refractivity contribution is 5.77. The first-order chi connectivity index (χ1) is 10.3. The number of aromatic nitrogens is 2. The maximum atomic E-state index is 12.7. The van der Waals surface area contributed by atoms with Crippen LogP contribution in [0.25, 0.3) is 10.9 Å². The summed E-state index contributed by atoms with van der Waals surface area (Å²) in [5.41, 5.74) is 7.47. The second kappa shape index (κ2) is 5.89. The summed E-state index contributed by atoms with van der Waals surface area (Å²) < 4.78 is 1.73. The molecule has 2 N–H and O–H groups in total. The van der Waals surface area contributed by atoms with Gasteiger partial charge in [0, 0.05) is 6.42 Å². The molecule has 0 spiro atoms. The number of nitrogens with two attached hydrogens (primary N) is 1. The van der Waals surface area contributed by atoms with Gasteiger partial charge in [-0.05, 0) is 24.2 Å². The lowest BCUT2D eigenvalue weighted by Crippen LogP contribution is -2.27. The van der Waals surface area contributed by atoms with Gasteiger partial charge in [-0.15, -0.1) is 0 Å². The summed E-state index contributed by atoms with van der Waals surface area (Å²) in [6, 6.07) is 17.4. The maximum Gasteiger partial charge on any atom is 0.261 e. The zero-order valence-corrected chi connectivity index (χ0v) is 11.7. The van der Waals surface area contributed by atoms with E-state index in [0.717, 1.165) is 16.9 Å². The molecule has 4 heteroatoms. The van der Waals surface area contributed by atoms with E-state index in [9.17, 15) is 4.79 Å². The topological polar surface area (TPSA) is 60.9 Å². The third-order valence-electron chi connectivity index (χ3n) is 3.49. The van der Waals surface area contributed by atoms with Gasteiger partial charge in [0.05, 0.1) is 17.4 Å². The van der Waals surface area contributed by atoms with Crippen molar-refractivity contribution >= 4 is 10.9 Å². The summed E-state index contributed by atoms with van der Waals surface area (Å²) >= 11 is 0. The molecule has 21 heavy (non-hydrogen) atoms. The van der Waals surface area contributed by atoms with E-state index in [1.807, 2.05) is 54.6 Å². The third-order valence-corrected chi connectivity index (χ3v) is 3.49. The Balaban J connectivity index is 2.17. The van der Waals surface area contributed by atoms with Crippen molar-refractivity contribution in [2.75, 3.05) is 6.54 Å². The van der Waals surface area contributed by atoms with Crippen LogP contribution in [-0.4, -0.2) is 16.1 Å². The van der Waals surface area contributed by atoms with E-state index in [0.29, 0.717) is 24.9 Å². The van der Waals surface area contributed by atoms with Crippen LogP contribution in [0.3, 0.4) is 0 Å². The Kier molecular flexibility index (Phi) is 3.79. The molecule has 0 radical (unpaired) electrons. The first kappa shape index (κ1) is 13.5. The van der Waals surface area contributed by atoms with Gasteiger partial charge in [-0.3, -0.25) is 9.36 Å². The van der Waals surface area contributed by atoms with E-state index in [-0.39, 0.29) is 5.56 Å². The molecule has 0 amide bonds. The lowest BCUT2D eigenvalue weighted by atomic mass is 10.2. The molecule has 0 unspecified atom stereocenters. The Morgan fingerprint density at radius 3 is 2.48 bits per heavy atom. The molecule has 0 saturated heterocycles. The smallest absolute Gasteiger partial charge is 0.261 e. The van der Waals surface area contributed by atoms with Crippen molar-refractivity contribution in [3.05, 3.63) is 76.3 Å². The van der Waals surface area contributed by atoms with Gasteiger partial charge in [0.25, 0.3) is 5.56 Å². The number of para-hydroxylation sites is 1. The summed E-state index contributed by atoms with van der Waals surface area (Å²) in [5, 5.41) is 0.647. The molecule has 106 valence electrons. The van der Waals surface area contributed by atoms with E-state index in [4.69, 9.17) is 5.73 Å². The minimum Gasteiger partial charge on any atom is -0.330 e. The van der Waals surface area contributed by atoms with Crippen LogP contribution in [-0.2, 0) is 13.0 Å². The van der Waals surface area contributed by atoms with Gasteiger partial charge in [-0.25, -0.2) is 4.98 Å². The highest BCUT2D eigenvalue weighted by Gasteiger charge is 2.10. The Morgan fingerprint density at radius 2 is 1.71 bits per heavy atom. The van der Waals surface area contributed by atoms with Crippen molar-refractivity contribution in [3.63, 3.8) is 0 Å². The lowest BCUT2D eigenvalue weighted by Gasteiger charge is -2.13. The summed E-state index contributed by atoms with van der Waals surface area (Å²) in [4.78, 5) is 17.3. The normalized spacial score (nSPS) is 10.9. The zero-order chi connectivity index (χ0) is 14.7. The molecule has 0 bridgehead atoms. The Hall–Kier alpha value is -2.46. The van der Waals surface area contributed by atoms with E-state index in [1.54, 1.807) is 4.57 Å². The van der Waals surface area contributed by atoms with Crippen molar-refractivity contribution in [1.82, 2.24) is 9.55 Å². The van der Waals surface area contributed by atoms with Gasteiger partial charge in [0.1, 0.15) is 5.82 Å². The summed E-state index contributed by atoms with van der Waals surface area (Å²) in [7, 11) is 0. The van der Waals surface area contributed by atoms with E-state index < -0.39 is 0 Å². The number of hydrogen-bond acceptors (Lipinski definition) is 3. The van der Waals surface area contributed by atoms with Gasteiger partial charge in [-0.1, -0.05) is 42.5 Å². The van der Waals surface area contributed by atoms with Gasteiger partial charge in [0.15, 0.2) is 0 Å². The summed E-state index contributed by atoms with van der Waals surface area (Å²) in [5.74, 6) is 0.741. The van der Waals surface area contributed by atoms with Gasteiger partial charge in [-0.2, -0.15) is 0 Å². The SMILES string of the molecule is NCCc1nc2ccccc2c(=O)n1Cc1ccccc1. The molecule has 2 aromatic carbocycles. The van der Waals surface area contributed by atoms with E-state index in [2.05, 4.69) is 4.98 Å². The van der Waals surface area contributed by atoms with Crippen molar-refractivity contribution in [2.24, 2.45) is 5.73 Å². The van der Waals surface area contributed by atoms with Crippen LogP contribution in [0.15, 0.2) is 59.4 Å². The molecule has 0 fully saturated rings. The predicted octanol–water partition coefficient (Wildman–Crippen LogP) is 1.95. The standard InChI is InChI=1S/C17H17N3O/c18-11-10-16-19-15-9-5-4-8-14(15)17(21)20(16)12-13-6-2-1-3-7-13/h1-9H,10-12,18H2. The van der Waals surface area contributed by atoms with Crippen LogP contribution in [0.4, 0.5) is 0 Å². The zero-order valence-electron chi connectivity index (χ0n) is 11.7. The number of hydrogen-bond donors (Lipinski definition) is 1. The van der Waals surface area contributed by atoms with E-state index in [1.165, 1.54) is 0 Å². The second-order valence-corrected chi connectivity index (χ2v) is 4.96. The van der Waals surface area contributed by atoms with Crippen molar-refractivity contribution in [1.29, 1.82) is 0 Å². The molecule has 0 aliphatic heterocycles. The first-order valence-electron chi connectivity index (χ1n) is 7.02. The molecule has 1 aromatic heterocycles. The highest BCUT2D eigenvalue weighted by Crippen LogP contribution is 2.10. The summed E-state index contributed by atoms with van der Waals surface area (Å²) in [6.45, 7) is 0.992. The van der Waals surface area contributed by atoms with Gasteiger partial charge >= 0.3 is 0 Å². The third kappa shape index (κ3) is 2.71. The predicted molar refractivity (Wildman–Crippen MR) is 84.3 cm³/mol. The van der Waals surface area contributed by atoms with Crippen LogP contribution < -0.4 is 11.3 Å². The number of fused-ring (bicyclic) bond motifs is 1. The minimum absolute atomic E-state index is 0.00657. The van der Waals surface area contributed by atoms with Crippen LogP contribution in [0.5, 0.6) is 0 Å². The second-order valence-electron chi connectivity index (χ2n) is 4.96. The molecule has 0 aliphatic rings. The molecule has 0 atom stereocenters. The van der Waals surface area contributed by atoms with Crippen LogP contribution in [0, 0.1) is 0 Å². The maximum absolute atomic E-state index is 12.7. The Labute approximate surface area is 122 Å². The molecule has 0 saturated carbocycles. The molecular weight excluding hydrogens is 262 g/mol. The average molecular weight is 279 g/mol. The molecule has 1 heterocycles. The number of nitrogens with zero attached hydrogens (tertiary/aromatic N) is 2. The minimum atomic E-state index is -0.00657. The van der Waals surface area contributed by atoms with Crippen molar-refractivity contribution < 1.29 is 0 Å². The van der Waals surface area contributed by atoms with Crippen LogP contribution in [0.2, 0.25) is 0 Å². The van der Waals surface area contributed by atoms with Crippen LogP contribution in [0.1, 0.15) is 11.4 Å². The Bertz CT molecular complexity index is 809. The lowest BCUT2D eigenvalue weighted by molar-refractivity contribution is 0.674. The fourth-order valence-electron chi connectivity index (χ4n) is 2.46. The molecular formula is C17H17N3O.